The molecule has 0 bridgehead atoms. The molecule has 0 unspecified atom stereocenters. The topological polar surface area (TPSA) is 70.0 Å². The number of anilines is 1. The SMILES string of the molecule is Cc1ccc(Cl)cc1NC(SCc1ccc(F)cc1)=C(C#N)S(=O)(=O)c1ccccc1. The largest absolute Gasteiger partial charge is 0.348 e. The first-order valence-electron chi connectivity index (χ1n) is 9.16. The zero-order chi connectivity index (χ0) is 22.4. The minimum absolute atomic E-state index is 0.0241. The number of allylic oxidation sites excluding steroid dienone is 1. The van der Waals surface area contributed by atoms with Gasteiger partial charge >= 0.3 is 0 Å². The first kappa shape index (κ1) is 22.9. The second kappa shape index (κ2) is 10.0. The van der Waals surface area contributed by atoms with Crippen molar-refractivity contribution in [1.82, 2.24) is 0 Å². The zero-order valence-corrected chi connectivity index (χ0v) is 18.9. The maximum absolute atomic E-state index is 13.2. The predicted molar refractivity (Wildman–Crippen MR) is 124 cm³/mol. The van der Waals surface area contributed by atoms with Gasteiger partial charge in [0, 0.05) is 16.5 Å². The molecule has 0 saturated heterocycles. The lowest BCUT2D eigenvalue weighted by Crippen LogP contribution is -2.10. The van der Waals surface area contributed by atoms with E-state index in [-0.39, 0.29) is 15.7 Å². The van der Waals surface area contributed by atoms with E-state index in [0.717, 1.165) is 22.9 Å². The van der Waals surface area contributed by atoms with Crippen LogP contribution in [0.4, 0.5) is 10.1 Å². The van der Waals surface area contributed by atoms with Gasteiger partial charge in [-0.05, 0) is 54.4 Å². The number of hydrogen-bond acceptors (Lipinski definition) is 5. The highest BCUT2D eigenvalue weighted by Gasteiger charge is 2.25. The molecule has 0 fully saturated rings. The van der Waals surface area contributed by atoms with Crippen LogP contribution in [-0.4, -0.2) is 8.42 Å². The fourth-order valence-electron chi connectivity index (χ4n) is 2.70. The zero-order valence-electron chi connectivity index (χ0n) is 16.5. The molecule has 4 nitrogen and oxygen atoms in total. The molecule has 0 saturated carbocycles. The molecule has 0 aliphatic carbocycles. The fraction of sp³-hybridized carbons (Fsp3) is 0.0870. The molecule has 1 N–H and O–H groups in total. The summed E-state index contributed by atoms with van der Waals surface area (Å²) >= 11 is 7.25. The van der Waals surface area contributed by atoms with Crippen molar-refractivity contribution in [3.05, 3.63) is 105 Å². The predicted octanol–water partition coefficient (Wildman–Crippen LogP) is 6.30. The molecule has 3 aromatic carbocycles. The fourth-order valence-corrected chi connectivity index (χ4v) is 5.40. The molecule has 0 amide bonds. The Morgan fingerprint density at radius 3 is 2.42 bits per heavy atom. The van der Waals surface area contributed by atoms with Gasteiger partial charge in [-0.3, -0.25) is 0 Å². The van der Waals surface area contributed by atoms with Crippen molar-refractivity contribution < 1.29 is 12.8 Å². The van der Waals surface area contributed by atoms with E-state index in [1.54, 1.807) is 48.5 Å². The Balaban J connectivity index is 2.07. The van der Waals surface area contributed by atoms with Gasteiger partial charge in [0.15, 0.2) is 4.91 Å². The van der Waals surface area contributed by atoms with Crippen LogP contribution < -0.4 is 5.32 Å². The number of rotatable bonds is 7. The second-order valence-electron chi connectivity index (χ2n) is 6.59. The van der Waals surface area contributed by atoms with Gasteiger partial charge in [0.2, 0.25) is 9.84 Å². The number of nitrogens with zero attached hydrogens (tertiary/aromatic N) is 1. The van der Waals surface area contributed by atoms with Gasteiger partial charge in [0.1, 0.15) is 16.9 Å². The summed E-state index contributed by atoms with van der Waals surface area (Å²) in [5.74, 6) is -0.0286. The van der Waals surface area contributed by atoms with Crippen LogP contribution in [0.3, 0.4) is 0 Å². The number of nitriles is 1. The number of benzene rings is 3. The summed E-state index contributed by atoms with van der Waals surface area (Å²) in [6, 6.07) is 20.7. The Labute approximate surface area is 190 Å². The number of aryl methyl sites for hydroxylation is 1. The lowest BCUT2D eigenvalue weighted by atomic mass is 10.2. The van der Waals surface area contributed by atoms with E-state index >= 15 is 0 Å². The third-order valence-electron chi connectivity index (χ3n) is 4.37. The van der Waals surface area contributed by atoms with Crippen LogP contribution in [0.2, 0.25) is 5.02 Å². The Morgan fingerprint density at radius 1 is 1.10 bits per heavy atom. The van der Waals surface area contributed by atoms with Gasteiger partial charge in [-0.15, -0.1) is 11.8 Å². The molecular weight excluding hydrogens is 455 g/mol. The van der Waals surface area contributed by atoms with Gasteiger partial charge in [-0.2, -0.15) is 5.26 Å². The first-order valence-corrected chi connectivity index (χ1v) is 12.0. The van der Waals surface area contributed by atoms with Gasteiger partial charge in [-0.25, -0.2) is 12.8 Å². The monoisotopic (exact) mass is 472 g/mol. The Hall–Kier alpha value is -2.79. The normalized spacial score (nSPS) is 12.1. The van der Waals surface area contributed by atoms with Gasteiger partial charge in [-0.1, -0.05) is 48.0 Å². The maximum atomic E-state index is 13.2. The average Bonchev–Trinajstić information content (AvgIpc) is 2.76. The molecule has 0 radical (unpaired) electrons. The quantitative estimate of drug-likeness (QED) is 0.408. The molecule has 0 atom stereocenters. The number of nitrogens with one attached hydrogen (secondary N) is 1. The Kier molecular flexibility index (Phi) is 7.39. The van der Waals surface area contributed by atoms with Crippen molar-refractivity contribution in [2.24, 2.45) is 0 Å². The highest BCUT2D eigenvalue weighted by Crippen LogP contribution is 2.33. The van der Waals surface area contributed by atoms with E-state index in [1.807, 2.05) is 13.0 Å². The molecule has 3 aromatic rings. The van der Waals surface area contributed by atoms with Crippen LogP contribution in [0, 0.1) is 24.1 Å². The summed E-state index contributed by atoms with van der Waals surface area (Å²) in [5, 5.41) is 13.5. The first-order chi connectivity index (χ1) is 14.8. The third-order valence-corrected chi connectivity index (χ3v) is 7.54. The summed E-state index contributed by atoms with van der Waals surface area (Å²) in [6.07, 6.45) is 0. The maximum Gasteiger partial charge on any atom is 0.219 e. The molecular formula is C23H18ClFN2O2S2. The average molecular weight is 473 g/mol. The minimum Gasteiger partial charge on any atom is -0.348 e. The molecule has 0 aliphatic heterocycles. The van der Waals surface area contributed by atoms with Crippen molar-refractivity contribution in [3.63, 3.8) is 0 Å². The molecule has 3 rings (SSSR count). The molecule has 0 aromatic heterocycles. The van der Waals surface area contributed by atoms with Crippen LogP contribution in [0.25, 0.3) is 0 Å². The smallest absolute Gasteiger partial charge is 0.219 e. The lowest BCUT2D eigenvalue weighted by molar-refractivity contribution is 0.603. The summed E-state index contributed by atoms with van der Waals surface area (Å²) < 4.78 is 39.6. The highest BCUT2D eigenvalue weighted by molar-refractivity contribution is 8.04. The Morgan fingerprint density at radius 2 is 1.77 bits per heavy atom. The van der Waals surface area contributed by atoms with Crippen LogP contribution in [0.5, 0.6) is 0 Å². The highest BCUT2D eigenvalue weighted by atomic mass is 35.5. The van der Waals surface area contributed by atoms with Crippen molar-refractivity contribution in [2.45, 2.75) is 17.6 Å². The van der Waals surface area contributed by atoms with Crippen LogP contribution >= 0.6 is 23.4 Å². The van der Waals surface area contributed by atoms with E-state index in [9.17, 15) is 18.1 Å². The standard InChI is InChI=1S/C23H18ClFN2O2S2/c1-16-7-10-18(24)13-21(16)27-23(30-15-17-8-11-19(25)12-9-17)22(14-26)31(28,29)20-5-3-2-4-6-20/h2-13,27H,15H2,1H3. The van der Waals surface area contributed by atoms with Gasteiger partial charge in [0.25, 0.3) is 0 Å². The van der Waals surface area contributed by atoms with Gasteiger partial charge in [0.05, 0.1) is 4.90 Å². The number of halogens is 2. The summed E-state index contributed by atoms with van der Waals surface area (Å²) in [5.41, 5.74) is 2.20. The minimum atomic E-state index is -4.06. The van der Waals surface area contributed by atoms with E-state index in [2.05, 4.69) is 5.32 Å². The lowest BCUT2D eigenvalue weighted by Gasteiger charge is -2.16. The molecule has 31 heavy (non-hydrogen) atoms. The van der Waals surface area contributed by atoms with Crippen LogP contribution in [0.1, 0.15) is 11.1 Å². The summed E-state index contributed by atoms with van der Waals surface area (Å²) in [6.45, 7) is 1.85. The molecule has 0 heterocycles. The summed E-state index contributed by atoms with van der Waals surface area (Å²) in [7, 11) is -4.06. The van der Waals surface area contributed by atoms with E-state index in [4.69, 9.17) is 11.6 Å². The molecule has 158 valence electrons. The molecule has 8 heteroatoms. The van der Waals surface area contributed by atoms with E-state index in [0.29, 0.717) is 16.5 Å². The molecule has 0 aliphatic rings. The van der Waals surface area contributed by atoms with Crippen LogP contribution in [-0.2, 0) is 15.6 Å². The third kappa shape index (κ3) is 5.67. The van der Waals surface area contributed by atoms with Crippen LogP contribution in [0.15, 0.2) is 87.6 Å². The van der Waals surface area contributed by atoms with Gasteiger partial charge < -0.3 is 5.32 Å². The van der Waals surface area contributed by atoms with Crippen molar-refractivity contribution >= 4 is 38.9 Å². The summed E-state index contributed by atoms with van der Waals surface area (Å²) in [4.78, 5) is -0.374. The molecule has 0 spiro atoms. The van der Waals surface area contributed by atoms with Crippen molar-refractivity contribution in [3.8, 4) is 6.07 Å². The number of hydrogen-bond donors (Lipinski definition) is 1. The van der Waals surface area contributed by atoms with Crippen molar-refractivity contribution in [2.75, 3.05) is 5.32 Å². The Bertz CT molecular complexity index is 1250. The second-order valence-corrected chi connectivity index (χ2v) is 9.89. The van der Waals surface area contributed by atoms with E-state index in [1.165, 1.54) is 24.3 Å². The number of sulfone groups is 1. The van der Waals surface area contributed by atoms with E-state index < -0.39 is 14.7 Å². The van der Waals surface area contributed by atoms with Crippen molar-refractivity contribution in [1.29, 1.82) is 5.26 Å². The number of thioether (sulfide) groups is 1.